The van der Waals surface area contributed by atoms with Crippen LogP contribution >= 0.6 is 0 Å². The summed E-state index contributed by atoms with van der Waals surface area (Å²) in [6.45, 7) is 16.6. The van der Waals surface area contributed by atoms with E-state index in [1.807, 2.05) is 0 Å². The molecule has 0 radical (unpaired) electrons. The first kappa shape index (κ1) is 19.0. The SMILES string of the molecule is CC(C)CC(C)N(C(C)CC(C)C)C1CCCC(N)C1C. The van der Waals surface area contributed by atoms with Crippen molar-refractivity contribution in [3.8, 4) is 0 Å². The molecule has 2 N–H and O–H groups in total. The fourth-order valence-corrected chi connectivity index (χ4v) is 4.49. The zero-order valence-electron chi connectivity index (χ0n) is 15.6. The summed E-state index contributed by atoms with van der Waals surface area (Å²) in [5, 5.41) is 0. The normalized spacial score (nSPS) is 30.1. The molecular weight excluding hydrogens is 256 g/mol. The maximum atomic E-state index is 6.38. The molecule has 0 aliphatic heterocycles. The van der Waals surface area contributed by atoms with Crippen molar-refractivity contribution in [3.05, 3.63) is 0 Å². The van der Waals surface area contributed by atoms with Gasteiger partial charge in [0.2, 0.25) is 0 Å². The number of hydrogen-bond donors (Lipinski definition) is 1. The van der Waals surface area contributed by atoms with Gasteiger partial charge in [0.1, 0.15) is 0 Å². The van der Waals surface area contributed by atoms with Crippen molar-refractivity contribution in [3.63, 3.8) is 0 Å². The van der Waals surface area contributed by atoms with E-state index in [2.05, 4.69) is 53.4 Å². The lowest BCUT2D eigenvalue weighted by molar-refractivity contribution is 0.0193. The van der Waals surface area contributed by atoms with Gasteiger partial charge in [-0.25, -0.2) is 0 Å². The Bertz CT molecular complexity index is 271. The van der Waals surface area contributed by atoms with Gasteiger partial charge in [0.15, 0.2) is 0 Å². The highest BCUT2D eigenvalue weighted by atomic mass is 15.2. The summed E-state index contributed by atoms with van der Waals surface area (Å²) < 4.78 is 0. The van der Waals surface area contributed by atoms with Gasteiger partial charge < -0.3 is 5.73 Å². The van der Waals surface area contributed by atoms with Crippen molar-refractivity contribution < 1.29 is 0 Å². The van der Waals surface area contributed by atoms with Crippen molar-refractivity contribution in [1.29, 1.82) is 0 Å². The molecule has 0 heterocycles. The third-order valence-corrected chi connectivity index (χ3v) is 5.35. The van der Waals surface area contributed by atoms with E-state index in [-0.39, 0.29) is 0 Å². The Morgan fingerprint density at radius 2 is 1.38 bits per heavy atom. The van der Waals surface area contributed by atoms with Crippen molar-refractivity contribution in [2.24, 2.45) is 23.5 Å². The first-order valence-corrected chi connectivity index (χ1v) is 9.27. The summed E-state index contributed by atoms with van der Waals surface area (Å²) in [4.78, 5) is 2.84. The van der Waals surface area contributed by atoms with E-state index in [0.717, 1.165) is 11.8 Å². The second-order valence-electron chi connectivity index (χ2n) is 8.43. The van der Waals surface area contributed by atoms with Crippen molar-refractivity contribution in [1.82, 2.24) is 4.90 Å². The number of nitrogens with two attached hydrogens (primary N) is 1. The van der Waals surface area contributed by atoms with Crippen LogP contribution in [0.4, 0.5) is 0 Å². The quantitative estimate of drug-likeness (QED) is 0.739. The summed E-state index contributed by atoms with van der Waals surface area (Å²) in [5.74, 6) is 2.16. The summed E-state index contributed by atoms with van der Waals surface area (Å²) in [6.07, 6.45) is 6.43. The van der Waals surface area contributed by atoms with E-state index < -0.39 is 0 Å². The fourth-order valence-electron chi connectivity index (χ4n) is 4.49. The molecule has 1 aliphatic carbocycles. The Hall–Kier alpha value is -0.0800. The molecule has 1 fully saturated rings. The molecule has 0 amide bonds. The molecule has 0 bridgehead atoms. The lowest BCUT2D eigenvalue weighted by Crippen LogP contribution is -2.55. The van der Waals surface area contributed by atoms with Crippen LogP contribution in [0.15, 0.2) is 0 Å². The van der Waals surface area contributed by atoms with E-state index in [0.29, 0.717) is 30.1 Å². The molecular formula is C19H40N2. The van der Waals surface area contributed by atoms with Crippen molar-refractivity contribution in [2.75, 3.05) is 0 Å². The number of hydrogen-bond acceptors (Lipinski definition) is 2. The average Bonchev–Trinajstić information content (AvgIpc) is 2.33. The van der Waals surface area contributed by atoms with Crippen molar-refractivity contribution >= 4 is 0 Å². The van der Waals surface area contributed by atoms with Gasteiger partial charge in [-0.15, -0.1) is 0 Å². The minimum absolute atomic E-state index is 0.392. The van der Waals surface area contributed by atoms with Gasteiger partial charge in [-0.05, 0) is 57.3 Å². The second-order valence-corrected chi connectivity index (χ2v) is 8.43. The zero-order chi connectivity index (χ0) is 16.2. The Labute approximate surface area is 133 Å². The van der Waals surface area contributed by atoms with Gasteiger partial charge >= 0.3 is 0 Å². The van der Waals surface area contributed by atoms with Crippen LogP contribution in [0.1, 0.15) is 80.6 Å². The Morgan fingerprint density at radius 3 is 1.81 bits per heavy atom. The van der Waals surface area contributed by atoms with Gasteiger partial charge in [0.05, 0.1) is 0 Å². The van der Waals surface area contributed by atoms with Crippen LogP contribution in [0, 0.1) is 17.8 Å². The van der Waals surface area contributed by atoms with Crippen LogP contribution in [0.5, 0.6) is 0 Å². The van der Waals surface area contributed by atoms with E-state index in [4.69, 9.17) is 5.73 Å². The van der Waals surface area contributed by atoms with Gasteiger partial charge in [-0.1, -0.05) is 41.0 Å². The van der Waals surface area contributed by atoms with Gasteiger partial charge in [0.25, 0.3) is 0 Å². The molecule has 0 aromatic heterocycles. The van der Waals surface area contributed by atoms with Gasteiger partial charge in [-0.3, -0.25) is 4.90 Å². The lowest BCUT2D eigenvalue weighted by Gasteiger charge is -2.48. The Morgan fingerprint density at radius 1 is 0.905 bits per heavy atom. The highest BCUT2D eigenvalue weighted by molar-refractivity contribution is 4.92. The van der Waals surface area contributed by atoms with Gasteiger partial charge in [0, 0.05) is 24.2 Å². The molecule has 2 nitrogen and oxygen atoms in total. The first-order chi connectivity index (χ1) is 9.73. The molecule has 0 spiro atoms. The Balaban J connectivity index is 2.88. The molecule has 1 saturated carbocycles. The summed E-state index contributed by atoms with van der Waals surface area (Å²) in [7, 11) is 0. The lowest BCUT2D eigenvalue weighted by atomic mass is 9.79. The summed E-state index contributed by atoms with van der Waals surface area (Å²) >= 11 is 0. The fraction of sp³-hybridized carbons (Fsp3) is 1.00. The largest absolute Gasteiger partial charge is 0.327 e. The topological polar surface area (TPSA) is 29.3 Å². The van der Waals surface area contributed by atoms with Crippen LogP contribution in [-0.4, -0.2) is 29.1 Å². The monoisotopic (exact) mass is 296 g/mol. The molecule has 5 unspecified atom stereocenters. The summed E-state index contributed by atoms with van der Waals surface area (Å²) in [6, 6.07) is 2.40. The maximum absolute atomic E-state index is 6.38. The van der Waals surface area contributed by atoms with E-state index in [1.54, 1.807) is 0 Å². The van der Waals surface area contributed by atoms with Crippen LogP contribution in [0.25, 0.3) is 0 Å². The minimum atomic E-state index is 0.392. The molecule has 0 aromatic rings. The second kappa shape index (κ2) is 8.53. The van der Waals surface area contributed by atoms with Crippen molar-refractivity contribution in [2.45, 2.75) is 105 Å². The van der Waals surface area contributed by atoms with E-state index >= 15 is 0 Å². The predicted molar refractivity (Wildman–Crippen MR) is 94.5 cm³/mol. The van der Waals surface area contributed by atoms with E-state index in [9.17, 15) is 0 Å². The minimum Gasteiger partial charge on any atom is -0.327 e. The highest BCUT2D eigenvalue weighted by Gasteiger charge is 2.36. The predicted octanol–water partition coefficient (Wildman–Crippen LogP) is 4.67. The smallest absolute Gasteiger partial charge is 0.0141 e. The number of nitrogens with zero attached hydrogens (tertiary/aromatic N) is 1. The van der Waals surface area contributed by atoms with Crippen LogP contribution in [-0.2, 0) is 0 Å². The molecule has 1 aliphatic rings. The molecule has 2 heteroatoms. The molecule has 0 aromatic carbocycles. The third-order valence-electron chi connectivity index (χ3n) is 5.35. The maximum Gasteiger partial charge on any atom is 0.0141 e. The molecule has 0 saturated heterocycles. The third kappa shape index (κ3) is 5.56. The zero-order valence-corrected chi connectivity index (χ0v) is 15.6. The average molecular weight is 297 g/mol. The Kier molecular flexibility index (Phi) is 7.70. The highest BCUT2D eigenvalue weighted by Crippen LogP contribution is 2.32. The molecule has 126 valence electrons. The molecule has 5 atom stereocenters. The standard InChI is InChI=1S/C19H40N2/c1-13(2)11-15(5)21(16(6)12-14(3)4)19-10-8-9-18(20)17(19)7/h13-19H,8-12,20H2,1-7H3. The van der Waals surface area contributed by atoms with E-state index in [1.165, 1.54) is 32.1 Å². The van der Waals surface area contributed by atoms with Crippen LogP contribution in [0.3, 0.4) is 0 Å². The van der Waals surface area contributed by atoms with Crippen LogP contribution < -0.4 is 5.73 Å². The van der Waals surface area contributed by atoms with Crippen LogP contribution in [0.2, 0.25) is 0 Å². The summed E-state index contributed by atoms with van der Waals surface area (Å²) in [5.41, 5.74) is 6.38. The first-order valence-electron chi connectivity index (χ1n) is 9.27. The number of rotatable bonds is 7. The molecule has 1 rings (SSSR count). The molecule has 21 heavy (non-hydrogen) atoms. The van der Waals surface area contributed by atoms with Gasteiger partial charge in [-0.2, -0.15) is 0 Å².